The lowest BCUT2D eigenvalue weighted by Gasteiger charge is -2.41. The summed E-state index contributed by atoms with van der Waals surface area (Å²) in [4.78, 5) is 3.81. The standard InChI is InChI=1S/C16H23FN2/c17-15-10-19-8-7-14(15)16(18)13-6-5-11-3-1-2-4-12(11)9-13/h7-8,10-13,16H,1-6,9,18H2. The molecule has 104 valence electrons. The van der Waals surface area contributed by atoms with Crippen LogP contribution in [0.15, 0.2) is 18.5 Å². The molecule has 0 aliphatic heterocycles. The number of hydrogen-bond donors (Lipinski definition) is 1. The van der Waals surface area contributed by atoms with E-state index in [0.29, 0.717) is 11.5 Å². The zero-order chi connectivity index (χ0) is 13.2. The Bertz CT molecular complexity index is 435. The minimum Gasteiger partial charge on any atom is -0.324 e. The van der Waals surface area contributed by atoms with Crippen molar-refractivity contribution in [2.24, 2.45) is 23.5 Å². The summed E-state index contributed by atoms with van der Waals surface area (Å²) in [6, 6.07) is 1.58. The molecule has 3 rings (SSSR count). The lowest BCUT2D eigenvalue weighted by molar-refractivity contribution is 0.116. The topological polar surface area (TPSA) is 38.9 Å². The van der Waals surface area contributed by atoms with Crippen molar-refractivity contribution in [3.8, 4) is 0 Å². The fourth-order valence-electron chi connectivity index (χ4n) is 4.15. The van der Waals surface area contributed by atoms with E-state index in [4.69, 9.17) is 5.73 Å². The van der Waals surface area contributed by atoms with Gasteiger partial charge < -0.3 is 5.73 Å². The average molecular weight is 262 g/mol. The second-order valence-corrected chi connectivity index (χ2v) is 6.30. The van der Waals surface area contributed by atoms with Gasteiger partial charge in [-0.3, -0.25) is 4.98 Å². The first-order valence-corrected chi connectivity index (χ1v) is 7.60. The Hall–Kier alpha value is -0.960. The molecule has 2 aliphatic rings. The summed E-state index contributed by atoms with van der Waals surface area (Å²) >= 11 is 0. The summed E-state index contributed by atoms with van der Waals surface area (Å²) in [7, 11) is 0. The highest BCUT2D eigenvalue weighted by Crippen LogP contribution is 2.45. The Morgan fingerprint density at radius 2 is 1.95 bits per heavy atom. The zero-order valence-electron chi connectivity index (χ0n) is 11.4. The van der Waals surface area contributed by atoms with Crippen LogP contribution in [0.2, 0.25) is 0 Å². The van der Waals surface area contributed by atoms with E-state index in [9.17, 15) is 4.39 Å². The summed E-state index contributed by atoms with van der Waals surface area (Å²) in [6.07, 6.45) is 12.1. The van der Waals surface area contributed by atoms with Crippen molar-refractivity contribution in [2.45, 2.75) is 51.0 Å². The molecule has 0 aromatic carbocycles. The van der Waals surface area contributed by atoms with E-state index in [2.05, 4.69) is 4.98 Å². The Balaban J connectivity index is 1.71. The van der Waals surface area contributed by atoms with Gasteiger partial charge in [-0.25, -0.2) is 4.39 Å². The van der Waals surface area contributed by atoms with Crippen LogP contribution in [-0.2, 0) is 0 Å². The molecule has 1 aromatic rings. The van der Waals surface area contributed by atoms with E-state index >= 15 is 0 Å². The monoisotopic (exact) mass is 262 g/mol. The quantitative estimate of drug-likeness (QED) is 0.879. The molecule has 1 heterocycles. The normalized spacial score (nSPS) is 32.6. The highest BCUT2D eigenvalue weighted by atomic mass is 19.1. The Labute approximate surface area is 114 Å². The van der Waals surface area contributed by atoms with Crippen LogP contribution < -0.4 is 5.73 Å². The fourth-order valence-corrected chi connectivity index (χ4v) is 4.15. The molecule has 4 unspecified atom stereocenters. The maximum Gasteiger partial charge on any atom is 0.146 e. The summed E-state index contributed by atoms with van der Waals surface area (Å²) < 4.78 is 13.8. The van der Waals surface area contributed by atoms with Crippen molar-refractivity contribution in [3.63, 3.8) is 0 Å². The van der Waals surface area contributed by atoms with Crippen LogP contribution in [0.5, 0.6) is 0 Å². The largest absolute Gasteiger partial charge is 0.324 e. The molecule has 0 spiro atoms. The summed E-state index contributed by atoms with van der Waals surface area (Å²) in [5, 5.41) is 0. The van der Waals surface area contributed by atoms with Gasteiger partial charge in [-0.05, 0) is 43.1 Å². The molecule has 19 heavy (non-hydrogen) atoms. The molecule has 1 aromatic heterocycles. The minimum atomic E-state index is -0.249. The van der Waals surface area contributed by atoms with Crippen molar-refractivity contribution in [1.82, 2.24) is 4.98 Å². The van der Waals surface area contributed by atoms with Gasteiger partial charge in [-0.15, -0.1) is 0 Å². The second-order valence-electron chi connectivity index (χ2n) is 6.30. The van der Waals surface area contributed by atoms with Crippen LogP contribution in [0.3, 0.4) is 0 Å². The van der Waals surface area contributed by atoms with Gasteiger partial charge in [0.1, 0.15) is 5.82 Å². The SMILES string of the molecule is NC(c1ccncc1F)C1CCC2CCCCC2C1. The van der Waals surface area contributed by atoms with Crippen molar-refractivity contribution in [3.05, 3.63) is 29.8 Å². The number of aromatic nitrogens is 1. The first kappa shape index (κ1) is 13.0. The maximum atomic E-state index is 13.8. The summed E-state index contributed by atoms with van der Waals surface area (Å²) in [5.41, 5.74) is 6.97. The smallest absolute Gasteiger partial charge is 0.146 e. The molecule has 0 amide bonds. The molecule has 0 bridgehead atoms. The number of pyridine rings is 1. The van der Waals surface area contributed by atoms with E-state index in [0.717, 1.165) is 18.3 Å². The summed E-state index contributed by atoms with van der Waals surface area (Å²) in [6.45, 7) is 0. The molecule has 4 atom stereocenters. The van der Waals surface area contributed by atoms with Crippen molar-refractivity contribution < 1.29 is 4.39 Å². The van der Waals surface area contributed by atoms with Crippen LogP contribution in [0, 0.1) is 23.6 Å². The summed E-state index contributed by atoms with van der Waals surface area (Å²) in [5.74, 6) is 1.94. The predicted molar refractivity (Wildman–Crippen MR) is 73.9 cm³/mol. The van der Waals surface area contributed by atoms with Crippen LogP contribution >= 0.6 is 0 Å². The predicted octanol–water partition coefficient (Wildman–Crippen LogP) is 3.83. The first-order valence-electron chi connectivity index (χ1n) is 7.60. The molecular formula is C16H23FN2. The molecule has 2 aliphatic carbocycles. The Morgan fingerprint density at radius 1 is 1.16 bits per heavy atom. The molecule has 2 nitrogen and oxygen atoms in total. The Morgan fingerprint density at radius 3 is 2.74 bits per heavy atom. The number of rotatable bonds is 2. The third-order valence-corrected chi connectivity index (χ3v) is 5.25. The first-order chi connectivity index (χ1) is 9.25. The molecule has 3 heteroatoms. The highest BCUT2D eigenvalue weighted by molar-refractivity contribution is 5.18. The van der Waals surface area contributed by atoms with Crippen LogP contribution in [0.4, 0.5) is 4.39 Å². The third-order valence-electron chi connectivity index (χ3n) is 5.25. The van der Waals surface area contributed by atoms with Gasteiger partial charge in [0.15, 0.2) is 0 Å². The number of nitrogens with zero attached hydrogens (tertiary/aromatic N) is 1. The van der Waals surface area contributed by atoms with Crippen LogP contribution in [0.1, 0.15) is 56.6 Å². The fraction of sp³-hybridized carbons (Fsp3) is 0.688. The van der Waals surface area contributed by atoms with E-state index in [1.54, 1.807) is 12.3 Å². The van der Waals surface area contributed by atoms with Crippen LogP contribution in [0.25, 0.3) is 0 Å². The molecule has 2 saturated carbocycles. The van der Waals surface area contributed by atoms with E-state index < -0.39 is 0 Å². The number of nitrogens with two attached hydrogens (primary N) is 1. The van der Waals surface area contributed by atoms with Crippen molar-refractivity contribution >= 4 is 0 Å². The lowest BCUT2D eigenvalue weighted by Crippen LogP contribution is -2.33. The van der Waals surface area contributed by atoms with Gasteiger partial charge in [0.05, 0.1) is 6.20 Å². The van der Waals surface area contributed by atoms with Crippen molar-refractivity contribution in [1.29, 1.82) is 0 Å². The van der Waals surface area contributed by atoms with Crippen LogP contribution in [-0.4, -0.2) is 4.98 Å². The maximum absolute atomic E-state index is 13.8. The highest BCUT2D eigenvalue weighted by Gasteiger charge is 2.35. The Kier molecular flexibility index (Phi) is 3.83. The molecule has 2 fully saturated rings. The van der Waals surface area contributed by atoms with Gasteiger partial charge in [0, 0.05) is 17.8 Å². The molecule has 0 radical (unpaired) electrons. The van der Waals surface area contributed by atoms with Gasteiger partial charge in [-0.1, -0.05) is 25.7 Å². The molecular weight excluding hydrogens is 239 g/mol. The third kappa shape index (κ3) is 2.66. The second kappa shape index (κ2) is 5.58. The van der Waals surface area contributed by atoms with E-state index in [1.165, 1.54) is 44.7 Å². The van der Waals surface area contributed by atoms with Crippen molar-refractivity contribution in [2.75, 3.05) is 0 Å². The van der Waals surface area contributed by atoms with Gasteiger partial charge >= 0.3 is 0 Å². The zero-order valence-corrected chi connectivity index (χ0v) is 11.4. The lowest BCUT2D eigenvalue weighted by atomic mass is 9.65. The molecule has 0 saturated heterocycles. The average Bonchev–Trinajstić information content (AvgIpc) is 2.46. The number of fused-ring (bicyclic) bond motifs is 1. The van der Waals surface area contributed by atoms with Gasteiger partial charge in [0.2, 0.25) is 0 Å². The van der Waals surface area contributed by atoms with Gasteiger partial charge in [0.25, 0.3) is 0 Å². The molecule has 2 N–H and O–H groups in total. The van der Waals surface area contributed by atoms with E-state index in [-0.39, 0.29) is 11.9 Å². The number of halogens is 1. The minimum absolute atomic E-state index is 0.161. The van der Waals surface area contributed by atoms with Gasteiger partial charge in [-0.2, -0.15) is 0 Å². The number of hydrogen-bond acceptors (Lipinski definition) is 2. The van der Waals surface area contributed by atoms with E-state index in [1.807, 2.05) is 0 Å².